The maximum absolute atomic E-state index is 12.3. The summed E-state index contributed by atoms with van der Waals surface area (Å²) in [6.45, 7) is 7.37. The minimum absolute atomic E-state index is 0.000544. The number of nitrogens with two attached hydrogens (primary N) is 3. The molecule has 1 aliphatic rings. The summed E-state index contributed by atoms with van der Waals surface area (Å²) in [5, 5.41) is 6.37. The second kappa shape index (κ2) is 15.5. The first-order valence-electron chi connectivity index (χ1n) is 14.3. The van der Waals surface area contributed by atoms with E-state index in [1.165, 1.54) is 32.4 Å². The zero-order valence-corrected chi connectivity index (χ0v) is 26.3. The molecule has 3 rings (SSSR count). The standard InChI is InChI=1S/C32H42N6O7/c1-32(2,3)45-31(41)38-13-10-20(19-38)9-8-14-44-26-17-21(29(35)39)15-23(33)28(26)37-12-7-6-11-36-27-24(34)16-22(30(40)43-5)18-25(27)42-4/h6-7,15-18,20,36-37H,10-14,19,33-34H2,1-5H3,(H2,35,39)/b7-6+. The van der Waals surface area contributed by atoms with Crippen LogP contribution in [0.3, 0.4) is 0 Å². The fraction of sp³-hybridized carbons (Fsp3) is 0.406. The van der Waals surface area contributed by atoms with Gasteiger partial charge in [0.05, 0.1) is 31.2 Å². The number of carbonyl (C=O) groups is 3. The number of benzene rings is 2. The Kier molecular flexibility index (Phi) is 11.8. The molecule has 0 aromatic heterocycles. The van der Waals surface area contributed by atoms with E-state index in [1.807, 2.05) is 32.9 Å². The summed E-state index contributed by atoms with van der Waals surface area (Å²) in [5.41, 5.74) is 19.4. The molecule has 0 aliphatic carbocycles. The number of primary amides is 1. The molecule has 45 heavy (non-hydrogen) atoms. The van der Waals surface area contributed by atoms with Crippen LogP contribution in [-0.2, 0) is 9.47 Å². The molecule has 13 nitrogen and oxygen atoms in total. The minimum atomic E-state index is -0.641. The number of hydrogen-bond acceptors (Lipinski definition) is 11. The van der Waals surface area contributed by atoms with Crippen LogP contribution in [-0.4, -0.2) is 75.5 Å². The molecule has 2 amide bonds. The normalized spacial score (nSPS) is 14.3. The van der Waals surface area contributed by atoms with Gasteiger partial charge in [-0.2, -0.15) is 0 Å². The largest absolute Gasteiger partial charge is 0.494 e. The third-order valence-corrected chi connectivity index (χ3v) is 6.60. The first-order valence-corrected chi connectivity index (χ1v) is 14.3. The lowest BCUT2D eigenvalue weighted by atomic mass is 10.1. The van der Waals surface area contributed by atoms with Gasteiger partial charge >= 0.3 is 12.1 Å². The van der Waals surface area contributed by atoms with Crippen LogP contribution < -0.4 is 37.3 Å². The molecular formula is C32H42N6O7. The van der Waals surface area contributed by atoms with E-state index in [0.717, 1.165) is 6.42 Å². The van der Waals surface area contributed by atoms with Crippen LogP contribution in [0.5, 0.6) is 11.5 Å². The summed E-state index contributed by atoms with van der Waals surface area (Å²) < 4.78 is 21.4. The van der Waals surface area contributed by atoms with Gasteiger partial charge in [-0.1, -0.05) is 24.0 Å². The Morgan fingerprint density at radius 1 is 0.978 bits per heavy atom. The number of amides is 2. The molecule has 0 radical (unpaired) electrons. The van der Waals surface area contributed by atoms with Gasteiger partial charge in [0.25, 0.3) is 0 Å². The van der Waals surface area contributed by atoms with Gasteiger partial charge in [0, 0.05) is 37.7 Å². The van der Waals surface area contributed by atoms with Gasteiger partial charge in [-0.3, -0.25) is 4.79 Å². The van der Waals surface area contributed by atoms with Crippen molar-refractivity contribution in [2.24, 2.45) is 11.7 Å². The highest BCUT2D eigenvalue weighted by Crippen LogP contribution is 2.34. The van der Waals surface area contributed by atoms with Crippen LogP contribution >= 0.6 is 0 Å². The summed E-state index contributed by atoms with van der Waals surface area (Å²) >= 11 is 0. The number of methoxy groups -OCH3 is 2. The van der Waals surface area contributed by atoms with Crippen molar-refractivity contribution in [1.82, 2.24) is 4.90 Å². The monoisotopic (exact) mass is 622 g/mol. The fourth-order valence-corrected chi connectivity index (χ4v) is 4.46. The average molecular weight is 623 g/mol. The molecule has 0 bridgehead atoms. The van der Waals surface area contributed by atoms with Crippen molar-refractivity contribution in [1.29, 1.82) is 0 Å². The summed E-state index contributed by atoms with van der Waals surface area (Å²) in [5.74, 6) is 5.72. The SMILES string of the molecule is COC(=O)c1cc(N)c(NC/C=C/CNc2c(N)cc(C(N)=O)cc2OCC#CC2CCN(C(=O)OC(C)(C)C)C2)c(OC)c1. The molecule has 13 heteroatoms. The number of anilines is 4. The van der Waals surface area contributed by atoms with Gasteiger partial charge in [0.2, 0.25) is 5.91 Å². The summed E-state index contributed by atoms with van der Waals surface area (Å²) in [6, 6.07) is 6.05. The molecule has 2 aromatic carbocycles. The Morgan fingerprint density at radius 2 is 1.58 bits per heavy atom. The average Bonchev–Trinajstić information content (AvgIpc) is 3.46. The van der Waals surface area contributed by atoms with E-state index >= 15 is 0 Å². The zero-order valence-electron chi connectivity index (χ0n) is 26.3. The van der Waals surface area contributed by atoms with Crippen LogP contribution in [0.2, 0.25) is 0 Å². The number of likely N-dealkylation sites (tertiary alicyclic amines) is 1. The van der Waals surface area contributed by atoms with Gasteiger partial charge in [-0.05, 0) is 51.5 Å². The number of carbonyl (C=O) groups excluding carboxylic acids is 3. The number of nitrogen functional groups attached to an aromatic ring is 2. The highest BCUT2D eigenvalue weighted by molar-refractivity contribution is 5.96. The number of hydrogen-bond donors (Lipinski definition) is 5. The number of rotatable bonds is 11. The smallest absolute Gasteiger partial charge is 0.410 e. The zero-order chi connectivity index (χ0) is 33.1. The van der Waals surface area contributed by atoms with Crippen molar-refractivity contribution in [3.05, 3.63) is 47.5 Å². The highest BCUT2D eigenvalue weighted by Gasteiger charge is 2.28. The molecule has 1 saturated heterocycles. The summed E-state index contributed by atoms with van der Waals surface area (Å²) in [4.78, 5) is 37.7. The molecule has 0 spiro atoms. The van der Waals surface area contributed by atoms with E-state index in [0.29, 0.717) is 54.7 Å². The maximum Gasteiger partial charge on any atom is 0.410 e. The summed E-state index contributed by atoms with van der Waals surface area (Å²) in [7, 11) is 2.77. The van der Waals surface area contributed by atoms with Crippen molar-refractivity contribution in [3.63, 3.8) is 0 Å². The second-order valence-electron chi connectivity index (χ2n) is 11.2. The van der Waals surface area contributed by atoms with Crippen molar-refractivity contribution in [3.8, 4) is 23.3 Å². The molecule has 1 heterocycles. The second-order valence-corrected chi connectivity index (χ2v) is 11.2. The molecule has 1 atom stereocenters. The van der Waals surface area contributed by atoms with Crippen molar-refractivity contribution >= 4 is 40.7 Å². The van der Waals surface area contributed by atoms with Crippen LogP contribution in [0, 0.1) is 17.8 Å². The number of esters is 1. The molecule has 0 saturated carbocycles. The molecule has 1 aliphatic heterocycles. The lowest BCUT2D eigenvalue weighted by molar-refractivity contribution is 0.0291. The van der Waals surface area contributed by atoms with E-state index in [1.54, 1.807) is 11.0 Å². The van der Waals surface area contributed by atoms with Crippen LogP contribution in [0.1, 0.15) is 47.9 Å². The first-order chi connectivity index (χ1) is 21.3. The molecule has 1 unspecified atom stereocenters. The van der Waals surface area contributed by atoms with E-state index in [-0.39, 0.29) is 35.4 Å². The quantitative estimate of drug-likeness (QED) is 0.107. The Hall–Kier alpha value is -5.25. The van der Waals surface area contributed by atoms with Gasteiger partial charge < -0.3 is 51.7 Å². The van der Waals surface area contributed by atoms with Gasteiger partial charge in [-0.25, -0.2) is 9.59 Å². The first kappa shape index (κ1) is 34.2. The third kappa shape index (κ3) is 9.89. The van der Waals surface area contributed by atoms with Crippen LogP contribution in [0.4, 0.5) is 27.5 Å². The van der Waals surface area contributed by atoms with Gasteiger partial charge in [0.1, 0.15) is 35.1 Å². The minimum Gasteiger partial charge on any atom is -0.494 e. The Bertz CT molecular complexity index is 1490. The van der Waals surface area contributed by atoms with E-state index in [4.69, 9.17) is 36.1 Å². The van der Waals surface area contributed by atoms with Crippen molar-refractivity contribution < 1.29 is 33.3 Å². The number of nitrogens with zero attached hydrogens (tertiary/aromatic N) is 1. The molecular weight excluding hydrogens is 580 g/mol. The van der Waals surface area contributed by atoms with Crippen molar-refractivity contribution in [2.75, 3.05) is 69.1 Å². The summed E-state index contributed by atoms with van der Waals surface area (Å²) in [6.07, 6.45) is 4.12. The predicted octanol–water partition coefficient (Wildman–Crippen LogP) is 3.46. The van der Waals surface area contributed by atoms with Crippen molar-refractivity contribution in [2.45, 2.75) is 32.8 Å². The Labute approximate surface area is 263 Å². The molecule has 242 valence electrons. The topological polar surface area (TPSA) is 193 Å². The van der Waals surface area contributed by atoms with Gasteiger partial charge in [-0.15, -0.1) is 0 Å². The van der Waals surface area contributed by atoms with Crippen LogP contribution in [0.15, 0.2) is 36.4 Å². The molecule has 8 N–H and O–H groups in total. The highest BCUT2D eigenvalue weighted by atomic mass is 16.6. The Morgan fingerprint density at radius 3 is 2.16 bits per heavy atom. The Balaban J connectivity index is 1.59. The van der Waals surface area contributed by atoms with Crippen LogP contribution in [0.25, 0.3) is 0 Å². The lowest BCUT2D eigenvalue weighted by Crippen LogP contribution is -2.35. The third-order valence-electron chi connectivity index (χ3n) is 6.60. The van der Waals surface area contributed by atoms with E-state index in [9.17, 15) is 14.4 Å². The molecule has 2 aromatic rings. The number of nitrogens with one attached hydrogen (secondary N) is 2. The predicted molar refractivity (Wildman–Crippen MR) is 173 cm³/mol. The lowest BCUT2D eigenvalue weighted by Gasteiger charge is -2.24. The van der Waals surface area contributed by atoms with Gasteiger partial charge in [0.15, 0.2) is 0 Å². The van der Waals surface area contributed by atoms with E-state index in [2.05, 4.69) is 22.5 Å². The fourth-order valence-electron chi connectivity index (χ4n) is 4.46. The number of ether oxygens (including phenoxy) is 4. The molecule has 1 fully saturated rings. The van der Waals surface area contributed by atoms with E-state index < -0.39 is 17.5 Å². The maximum atomic E-state index is 12.3.